The number of aromatic nitrogens is 2. The Balaban J connectivity index is 1.93. The number of halogens is 1. The largest absolute Gasteiger partial charge is 0.326 e. The van der Waals surface area contributed by atoms with Crippen LogP contribution in [0.1, 0.15) is 16.8 Å². The fraction of sp³-hybridized carbons (Fsp3) is 0.231. The van der Waals surface area contributed by atoms with Crippen molar-refractivity contribution in [3.05, 3.63) is 49.8 Å². The quantitative estimate of drug-likeness (QED) is 0.882. The first-order valence-electron chi connectivity index (χ1n) is 5.86. The molecule has 0 saturated carbocycles. The minimum atomic E-state index is -0.0358. The Morgan fingerprint density at radius 1 is 1.42 bits per heavy atom. The number of hydrogen-bond donors (Lipinski definition) is 2. The maximum atomic E-state index is 11.9. The number of anilines is 2. The standard InChI is InChI=1S/C13H12BrN3OS/c1-7-4-8(2-3-10(7)14)15-13-16-11-6-19-5-9(11)12(18)17-13/h2-4H,5-6H2,1H3,(H2,15,16,17,18). The van der Waals surface area contributed by atoms with Gasteiger partial charge in [0, 0.05) is 27.2 Å². The first-order valence-corrected chi connectivity index (χ1v) is 7.81. The van der Waals surface area contributed by atoms with Crippen molar-refractivity contribution in [3.8, 4) is 0 Å². The van der Waals surface area contributed by atoms with Crippen LogP contribution in [-0.4, -0.2) is 9.97 Å². The van der Waals surface area contributed by atoms with Gasteiger partial charge in [-0.1, -0.05) is 15.9 Å². The van der Waals surface area contributed by atoms with E-state index in [1.54, 1.807) is 11.8 Å². The van der Waals surface area contributed by atoms with Crippen LogP contribution in [0, 0.1) is 6.92 Å². The molecule has 2 heterocycles. The topological polar surface area (TPSA) is 57.8 Å². The highest BCUT2D eigenvalue weighted by molar-refractivity contribution is 9.10. The summed E-state index contributed by atoms with van der Waals surface area (Å²) in [6, 6.07) is 5.92. The van der Waals surface area contributed by atoms with E-state index in [4.69, 9.17) is 0 Å². The highest BCUT2D eigenvalue weighted by Crippen LogP contribution is 2.27. The minimum Gasteiger partial charge on any atom is -0.326 e. The van der Waals surface area contributed by atoms with Crippen LogP contribution in [0.15, 0.2) is 27.5 Å². The first kappa shape index (κ1) is 12.7. The normalized spacial score (nSPS) is 13.4. The first-order chi connectivity index (χ1) is 9.13. The van der Waals surface area contributed by atoms with Gasteiger partial charge in [-0.15, -0.1) is 0 Å². The van der Waals surface area contributed by atoms with Crippen molar-refractivity contribution >= 4 is 39.3 Å². The number of aryl methyl sites for hydroxylation is 1. The molecule has 0 saturated heterocycles. The highest BCUT2D eigenvalue weighted by Gasteiger charge is 2.17. The molecule has 1 aromatic carbocycles. The van der Waals surface area contributed by atoms with E-state index in [-0.39, 0.29) is 5.56 Å². The van der Waals surface area contributed by atoms with Crippen LogP contribution < -0.4 is 10.9 Å². The van der Waals surface area contributed by atoms with Crippen molar-refractivity contribution in [2.75, 3.05) is 5.32 Å². The fourth-order valence-electron chi connectivity index (χ4n) is 1.98. The molecule has 0 fully saturated rings. The molecule has 19 heavy (non-hydrogen) atoms. The third-order valence-electron chi connectivity index (χ3n) is 3.01. The highest BCUT2D eigenvalue weighted by atomic mass is 79.9. The van der Waals surface area contributed by atoms with E-state index in [0.717, 1.165) is 38.5 Å². The number of H-pyrrole nitrogens is 1. The summed E-state index contributed by atoms with van der Waals surface area (Å²) in [6.45, 7) is 2.02. The molecule has 2 N–H and O–H groups in total. The summed E-state index contributed by atoms with van der Waals surface area (Å²) in [4.78, 5) is 19.1. The molecule has 0 spiro atoms. The Morgan fingerprint density at radius 3 is 3.05 bits per heavy atom. The molecule has 0 bridgehead atoms. The third-order valence-corrected chi connectivity index (χ3v) is 4.87. The lowest BCUT2D eigenvalue weighted by Crippen LogP contribution is -2.16. The van der Waals surface area contributed by atoms with Crippen LogP contribution in [0.5, 0.6) is 0 Å². The molecule has 98 valence electrons. The third kappa shape index (κ3) is 2.55. The van der Waals surface area contributed by atoms with Gasteiger partial charge in [0.15, 0.2) is 0 Å². The van der Waals surface area contributed by atoms with Crippen molar-refractivity contribution in [1.29, 1.82) is 0 Å². The zero-order chi connectivity index (χ0) is 13.4. The van der Waals surface area contributed by atoms with Crippen molar-refractivity contribution in [2.45, 2.75) is 18.4 Å². The van der Waals surface area contributed by atoms with Gasteiger partial charge in [-0.3, -0.25) is 9.78 Å². The van der Waals surface area contributed by atoms with Crippen LogP contribution >= 0.6 is 27.7 Å². The smallest absolute Gasteiger partial charge is 0.256 e. The van der Waals surface area contributed by atoms with Gasteiger partial charge in [-0.2, -0.15) is 11.8 Å². The molecule has 0 atom stereocenters. The van der Waals surface area contributed by atoms with Crippen molar-refractivity contribution in [2.24, 2.45) is 0 Å². The lowest BCUT2D eigenvalue weighted by atomic mass is 10.2. The van der Waals surface area contributed by atoms with E-state index in [0.29, 0.717) is 5.95 Å². The zero-order valence-electron chi connectivity index (χ0n) is 10.3. The van der Waals surface area contributed by atoms with Crippen LogP contribution in [0.2, 0.25) is 0 Å². The average molecular weight is 338 g/mol. The van der Waals surface area contributed by atoms with Gasteiger partial charge < -0.3 is 5.32 Å². The average Bonchev–Trinajstić information content (AvgIpc) is 2.82. The summed E-state index contributed by atoms with van der Waals surface area (Å²) >= 11 is 5.18. The Labute approximate surface area is 123 Å². The van der Waals surface area contributed by atoms with Crippen LogP contribution in [0.25, 0.3) is 0 Å². The van der Waals surface area contributed by atoms with Crippen molar-refractivity contribution in [1.82, 2.24) is 9.97 Å². The molecule has 6 heteroatoms. The second-order valence-corrected chi connectivity index (χ2v) is 6.26. The van der Waals surface area contributed by atoms with Gasteiger partial charge in [0.1, 0.15) is 0 Å². The Hall–Kier alpha value is -1.27. The number of thioether (sulfide) groups is 1. The summed E-state index contributed by atoms with van der Waals surface area (Å²) in [5, 5.41) is 3.15. The zero-order valence-corrected chi connectivity index (χ0v) is 12.7. The number of nitrogens with one attached hydrogen (secondary N) is 2. The number of rotatable bonds is 2. The number of nitrogens with zero attached hydrogens (tertiary/aromatic N) is 1. The summed E-state index contributed by atoms with van der Waals surface area (Å²) in [5.74, 6) is 2.08. The number of fused-ring (bicyclic) bond motifs is 1. The Morgan fingerprint density at radius 2 is 2.26 bits per heavy atom. The molecule has 0 aliphatic carbocycles. The molecule has 0 radical (unpaired) electrons. The maximum Gasteiger partial charge on any atom is 0.256 e. The minimum absolute atomic E-state index is 0.0358. The van der Waals surface area contributed by atoms with Crippen LogP contribution in [0.3, 0.4) is 0 Å². The van der Waals surface area contributed by atoms with Crippen LogP contribution in [-0.2, 0) is 11.5 Å². The Bertz CT molecular complexity index is 699. The second kappa shape index (κ2) is 5.02. The molecule has 1 aliphatic heterocycles. The monoisotopic (exact) mass is 337 g/mol. The molecule has 1 aromatic heterocycles. The lowest BCUT2D eigenvalue weighted by Gasteiger charge is -2.08. The van der Waals surface area contributed by atoms with Crippen molar-refractivity contribution in [3.63, 3.8) is 0 Å². The summed E-state index contributed by atoms with van der Waals surface area (Å²) in [7, 11) is 0. The van der Waals surface area contributed by atoms with Gasteiger partial charge in [-0.05, 0) is 30.7 Å². The predicted octanol–water partition coefficient (Wildman–Crippen LogP) is 3.33. The van der Waals surface area contributed by atoms with E-state index in [1.807, 2.05) is 25.1 Å². The SMILES string of the molecule is Cc1cc(Nc2nc3c(c(=O)[nH]2)CSC3)ccc1Br. The van der Waals surface area contributed by atoms with Gasteiger partial charge in [-0.25, -0.2) is 4.98 Å². The van der Waals surface area contributed by atoms with Gasteiger partial charge in [0.2, 0.25) is 5.95 Å². The predicted molar refractivity (Wildman–Crippen MR) is 82.0 cm³/mol. The van der Waals surface area contributed by atoms with E-state index >= 15 is 0 Å². The molecule has 2 aromatic rings. The maximum absolute atomic E-state index is 11.9. The van der Waals surface area contributed by atoms with Crippen molar-refractivity contribution < 1.29 is 0 Å². The molecule has 0 unspecified atom stereocenters. The van der Waals surface area contributed by atoms with Gasteiger partial charge in [0.05, 0.1) is 5.69 Å². The lowest BCUT2D eigenvalue weighted by molar-refractivity contribution is 1.03. The fourth-order valence-corrected chi connectivity index (χ4v) is 3.26. The summed E-state index contributed by atoms with van der Waals surface area (Å²) < 4.78 is 1.06. The van der Waals surface area contributed by atoms with Gasteiger partial charge in [0.25, 0.3) is 5.56 Å². The van der Waals surface area contributed by atoms with E-state index in [2.05, 4.69) is 31.2 Å². The second-order valence-electron chi connectivity index (χ2n) is 4.42. The number of aromatic amines is 1. The van der Waals surface area contributed by atoms with Gasteiger partial charge >= 0.3 is 0 Å². The van der Waals surface area contributed by atoms with E-state index in [1.165, 1.54) is 0 Å². The Kier molecular flexibility index (Phi) is 3.36. The molecule has 3 rings (SSSR count). The van der Waals surface area contributed by atoms with E-state index < -0.39 is 0 Å². The number of benzene rings is 1. The molecule has 0 amide bonds. The molecular weight excluding hydrogens is 326 g/mol. The van der Waals surface area contributed by atoms with E-state index in [9.17, 15) is 4.79 Å². The molecular formula is C13H12BrN3OS. The number of hydrogen-bond acceptors (Lipinski definition) is 4. The molecule has 4 nitrogen and oxygen atoms in total. The summed E-state index contributed by atoms with van der Waals surface area (Å²) in [6.07, 6.45) is 0. The molecule has 1 aliphatic rings. The summed E-state index contributed by atoms with van der Waals surface area (Å²) in [5.41, 5.74) is 3.71. The van der Waals surface area contributed by atoms with Crippen LogP contribution in [0.4, 0.5) is 11.6 Å².